The van der Waals surface area contributed by atoms with Crippen molar-refractivity contribution in [2.75, 3.05) is 0 Å². The fourth-order valence-electron chi connectivity index (χ4n) is 7.63. The fraction of sp³-hybridized carbons (Fsp3) is 0.667. The van der Waals surface area contributed by atoms with E-state index in [1.807, 2.05) is 12.1 Å². The molecule has 4 heteroatoms. The summed E-state index contributed by atoms with van der Waals surface area (Å²) in [5.41, 5.74) is 1.23. The van der Waals surface area contributed by atoms with Crippen molar-refractivity contribution in [3.05, 3.63) is 46.0 Å². The van der Waals surface area contributed by atoms with Gasteiger partial charge in [-0.1, -0.05) is 19.4 Å². The number of hydrogen-bond acceptors (Lipinski definition) is 4. The van der Waals surface area contributed by atoms with Gasteiger partial charge in [0.1, 0.15) is 0 Å². The lowest BCUT2D eigenvalue weighted by Crippen LogP contribution is -2.60. The zero-order valence-electron chi connectivity index (χ0n) is 16.9. The van der Waals surface area contributed by atoms with Crippen LogP contribution >= 0.6 is 0 Å². The van der Waals surface area contributed by atoms with E-state index in [1.165, 1.54) is 11.6 Å². The van der Waals surface area contributed by atoms with Crippen LogP contribution in [0.25, 0.3) is 0 Å². The summed E-state index contributed by atoms with van der Waals surface area (Å²) < 4.78 is 5.16. The Morgan fingerprint density at radius 1 is 1.00 bits per heavy atom. The Bertz CT molecular complexity index is 893. The molecule has 1 heterocycles. The zero-order valence-corrected chi connectivity index (χ0v) is 16.9. The smallest absolute Gasteiger partial charge is 0.335 e. The van der Waals surface area contributed by atoms with Crippen molar-refractivity contribution in [1.29, 1.82) is 0 Å². The van der Waals surface area contributed by atoms with Gasteiger partial charge in [0.05, 0.1) is 11.9 Å². The van der Waals surface area contributed by atoms with Gasteiger partial charge in [-0.25, -0.2) is 4.79 Å². The normalized spacial score (nSPS) is 45.0. The highest BCUT2D eigenvalue weighted by molar-refractivity contribution is 5.91. The summed E-state index contributed by atoms with van der Waals surface area (Å²) in [4.78, 5) is 23.4. The number of fused-ring (bicyclic) bond motifs is 5. The maximum Gasteiger partial charge on any atom is 0.335 e. The van der Waals surface area contributed by atoms with E-state index in [4.69, 9.17) is 4.42 Å². The Hall–Kier alpha value is -1.68. The van der Waals surface area contributed by atoms with Crippen molar-refractivity contribution in [2.45, 2.75) is 76.7 Å². The maximum absolute atomic E-state index is 12.1. The van der Waals surface area contributed by atoms with Crippen LogP contribution in [0.5, 0.6) is 0 Å². The molecule has 0 aliphatic heterocycles. The second-order valence-corrected chi connectivity index (χ2v) is 10.2. The summed E-state index contributed by atoms with van der Waals surface area (Å²) in [6.07, 6.45) is 10.8. The number of ketones is 1. The van der Waals surface area contributed by atoms with Gasteiger partial charge < -0.3 is 9.52 Å². The summed E-state index contributed by atoms with van der Waals surface area (Å²) >= 11 is 0. The Morgan fingerprint density at radius 2 is 1.82 bits per heavy atom. The predicted octanol–water partition coefficient (Wildman–Crippen LogP) is 4.37. The first-order valence-electron chi connectivity index (χ1n) is 10.8. The SMILES string of the molecule is CC12CCC(=O)C=C1CCC1C2CCC2(C)C(c3ccc(=O)oc3)CCC12O. The summed E-state index contributed by atoms with van der Waals surface area (Å²) in [6, 6.07) is 3.38. The molecule has 0 saturated heterocycles. The van der Waals surface area contributed by atoms with Crippen molar-refractivity contribution < 1.29 is 14.3 Å². The van der Waals surface area contributed by atoms with Gasteiger partial charge in [-0.15, -0.1) is 0 Å². The van der Waals surface area contributed by atoms with Gasteiger partial charge in [-0.2, -0.15) is 0 Å². The van der Waals surface area contributed by atoms with Crippen LogP contribution < -0.4 is 5.63 Å². The molecule has 0 radical (unpaired) electrons. The molecule has 1 N–H and O–H groups in total. The van der Waals surface area contributed by atoms with E-state index >= 15 is 0 Å². The van der Waals surface area contributed by atoms with Crippen molar-refractivity contribution in [3.63, 3.8) is 0 Å². The molecule has 150 valence electrons. The van der Waals surface area contributed by atoms with Gasteiger partial charge in [-0.05, 0) is 85.8 Å². The fourth-order valence-corrected chi connectivity index (χ4v) is 7.63. The molecule has 3 fully saturated rings. The lowest BCUT2D eigenvalue weighted by molar-refractivity contribution is -0.177. The van der Waals surface area contributed by atoms with E-state index in [0.29, 0.717) is 12.3 Å². The van der Waals surface area contributed by atoms with Crippen molar-refractivity contribution in [2.24, 2.45) is 22.7 Å². The highest BCUT2D eigenvalue weighted by atomic mass is 16.4. The molecule has 6 unspecified atom stereocenters. The van der Waals surface area contributed by atoms with E-state index in [9.17, 15) is 14.7 Å². The minimum Gasteiger partial charge on any atom is -0.431 e. The summed E-state index contributed by atoms with van der Waals surface area (Å²) in [6.45, 7) is 4.59. The Labute approximate surface area is 166 Å². The first-order valence-corrected chi connectivity index (χ1v) is 10.8. The first kappa shape index (κ1) is 18.4. The largest absolute Gasteiger partial charge is 0.431 e. The molecule has 1 aromatic rings. The summed E-state index contributed by atoms with van der Waals surface area (Å²) in [7, 11) is 0. The van der Waals surface area contributed by atoms with Gasteiger partial charge in [-0.3, -0.25) is 4.79 Å². The van der Waals surface area contributed by atoms with E-state index in [2.05, 4.69) is 13.8 Å². The van der Waals surface area contributed by atoms with Crippen LogP contribution in [0.2, 0.25) is 0 Å². The van der Waals surface area contributed by atoms with Gasteiger partial charge in [0.15, 0.2) is 5.78 Å². The molecule has 1 aromatic heterocycles. The van der Waals surface area contributed by atoms with Crippen molar-refractivity contribution in [3.8, 4) is 0 Å². The molecular formula is C24H30O4. The predicted molar refractivity (Wildman–Crippen MR) is 106 cm³/mol. The second-order valence-electron chi connectivity index (χ2n) is 10.2. The minimum atomic E-state index is -0.688. The third kappa shape index (κ3) is 2.27. The average molecular weight is 383 g/mol. The third-order valence-electron chi connectivity index (χ3n) is 9.27. The minimum absolute atomic E-state index is 0.0610. The molecular weight excluding hydrogens is 352 g/mol. The van der Waals surface area contributed by atoms with Crippen LogP contribution in [-0.2, 0) is 4.79 Å². The van der Waals surface area contributed by atoms with Crippen molar-refractivity contribution >= 4 is 5.78 Å². The molecule has 4 nitrogen and oxygen atoms in total. The van der Waals surface area contributed by atoms with Gasteiger partial charge in [0.2, 0.25) is 0 Å². The van der Waals surface area contributed by atoms with E-state index in [1.54, 1.807) is 6.26 Å². The molecule has 0 spiro atoms. The molecule has 28 heavy (non-hydrogen) atoms. The zero-order chi connectivity index (χ0) is 19.7. The topological polar surface area (TPSA) is 67.5 Å². The molecule has 3 saturated carbocycles. The van der Waals surface area contributed by atoms with Gasteiger partial charge in [0, 0.05) is 17.9 Å². The average Bonchev–Trinajstić information content (AvgIpc) is 2.95. The Balaban J connectivity index is 1.52. The quantitative estimate of drug-likeness (QED) is 0.783. The number of carbonyl (C=O) groups is 1. The second kappa shape index (κ2) is 5.91. The van der Waals surface area contributed by atoms with Gasteiger partial charge in [0.25, 0.3) is 0 Å². The molecule has 0 aromatic carbocycles. The number of allylic oxidation sites excluding steroid dienone is 1. The number of carbonyl (C=O) groups excluding carboxylic acids is 1. The summed E-state index contributed by atoms with van der Waals surface area (Å²) in [5, 5.41) is 12.1. The molecule has 4 aliphatic carbocycles. The Kier molecular flexibility index (Phi) is 3.88. The van der Waals surface area contributed by atoms with Crippen LogP contribution in [0.4, 0.5) is 0 Å². The number of hydrogen-bond donors (Lipinski definition) is 1. The first-order chi connectivity index (χ1) is 13.3. The maximum atomic E-state index is 12.1. The van der Waals surface area contributed by atoms with E-state index in [-0.39, 0.29) is 34.1 Å². The van der Waals surface area contributed by atoms with E-state index < -0.39 is 5.60 Å². The summed E-state index contributed by atoms with van der Waals surface area (Å²) in [5.74, 6) is 1.23. The highest BCUT2D eigenvalue weighted by Crippen LogP contribution is 2.69. The van der Waals surface area contributed by atoms with Crippen LogP contribution in [0.1, 0.15) is 76.7 Å². The lowest BCUT2D eigenvalue weighted by Gasteiger charge is -2.61. The van der Waals surface area contributed by atoms with Gasteiger partial charge >= 0.3 is 5.63 Å². The van der Waals surface area contributed by atoms with Crippen LogP contribution in [-0.4, -0.2) is 16.5 Å². The monoisotopic (exact) mass is 382 g/mol. The molecule has 6 atom stereocenters. The standard InChI is InChI=1S/C24H30O4/c1-22-10-7-17(25)13-16(22)4-5-20-19(22)8-11-23(2)18(9-12-24(20,23)27)15-3-6-21(26)28-14-15/h3,6,13-14,18-20,27H,4-5,7-12H2,1-2H3. The molecule has 5 rings (SSSR count). The van der Waals surface area contributed by atoms with Crippen molar-refractivity contribution in [1.82, 2.24) is 0 Å². The highest BCUT2D eigenvalue weighted by Gasteiger charge is 2.66. The van der Waals surface area contributed by atoms with Crippen LogP contribution in [0.15, 0.2) is 39.3 Å². The van der Waals surface area contributed by atoms with Crippen LogP contribution in [0, 0.1) is 22.7 Å². The van der Waals surface area contributed by atoms with Crippen LogP contribution in [0.3, 0.4) is 0 Å². The number of rotatable bonds is 1. The number of aliphatic hydroxyl groups is 1. The molecule has 0 bridgehead atoms. The lowest BCUT2D eigenvalue weighted by atomic mass is 9.45. The molecule has 4 aliphatic rings. The van der Waals surface area contributed by atoms with E-state index in [0.717, 1.165) is 50.5 Å². The Morgan fingerprint density at radius 3 is 2.57 bits per heavy atom. The third-order valence-corrected chi connectivity index (χ3v) is 9.27. The molecule has 0 amide bonds.